The molecule has 2 aromatic carbocycles. The maximum absolute atomic E-state index is 6.30. The molecule has 3 heteroatoms. The summed E-state index contributed by atoms with van der Waals surface area (Å²) in [4.78, 5) is 2.32. The Hall–Kier alpha value is -1.16. The van der Waals surface area contributed by atoms with E-state index in [4.69, 9.17) is 5.73 Å². The maximum atomic E-state index is 6.30. The smallest absolute Gasteiger partial charge is 0.0318 e. The van der Waals surface area contributed by atoms with Crippen molar-refractivity contribution in [3.05, 3.63) is 69.7 Å². The molecule has 0 bridgehead atoms. The van der Waals surface area contributed by atoms with Crippen molar-refractivity contribution in [2.45, 2.75) is 25.9 Å². The number of halogens is 1. The van der Waals surface area contributed by atoms with Crippen LogP contribution >= 0.6 is 15.9 Å². The van der Waals surface area contributed by atoms with Crippen LogP contribution in [0.4, 0.5) is 0 Å². The van der Waals surface area contributed by atoms with Crippen LogP contribution in [0.25, 0.3) is 0 Å². The van der Waals surface area contributed by atoms with Gasteiger partial charge < -0.3 is 10.6 Å². The summed E-state index contributed by atoms with van der Waals surface area (Å²) < 4.78 is 1.10. The van der Waals surface area contributed by atoms with Gasteiger partial charge in [-0.2, -0.15) is 0 Å². The van der Waals surface area contributed by atoms with Crippen LogP contribution in [-0.2, 0) is 6.54 Å². The molecule has 112 valence electrons. The van der Waals surface area contributed by atoms with Gasteiger partial charge in [0.2, 0.25) is 0 Å². The second-order valence-corrected chi connectivity index (χ2v) is 6.50. The molecule has 0 aliphatic carbocycles. The van der Waals surface area contributed by atoms with E-state index in [0.717, 1.165) is 24.0 Å². The number of nitrogens with two attached hydrogens (primary N) is 1. The van der Waals surface area contributed by atoms with Crippen LogP contribution < -0.4 is 5.73 Å². The number of aryl methyl sites for hydroxylation is 1. The lowest BCUT2D eigenvalue weighted by atomic mass is 10.0. The molecule has 0 saturated heterocycles. The van der Waals surface area contributed by atoms with Gasteiger partial charge in [0.25, 0.3) is 0 Å². The van der Waals surface area contributed by atoms with Gasteiger partial charge in [-0.15, -0.1) is 0 Å². The van der Waals surface area contributed by atoms with Gasteiger partial charge in [0.15, 0.2) is 0 Å². The van der Waals surface area contributed by atoms with Crippen LogP contribution in [0.1, 0.15) is 29.2 Å². The van der Waals surface area contributed by atoms with E-state index in [9.17, 15) is 0 Å². The fraction of sp³-hybridized carbons (Fsp3) is 0.333. The molecular formula is C18H23BrN2. The molecule has 0 aliphatic heterocycles. The standard InChI is InChI=1S/C18H23BrN2/c1-14-6-5-7-15(12-14)13-21(2)11-10-18(20)16-8-3-4-9-17(16)19/h3-9,12,18H,10-11,13,20H2,1-2H3. The first kappa shape index (κ1) is 16.2. The van der Waals surface area contributed by atoms with Crippen LogP contribution in [0.2, 0.25) is 0 Å². The summed E-state index contributed by atoms with van der Waals surface area (Å²) in [7, 11) is 2.15. The molecule has 0 heterocycles. The minimum absolute atomic E-state index is 0.0699. The molecule has 0 amide bonds. The summed E-state index contributed by atoms with van der Waals surface area (Å²) >= 11 is 3.57. The highest BCUT2D eigenvalue weighted by molar-refractivity contribution is 9.10. The number of hydrogen-bond donors (Lipinski definition) is 1. The lowest BCUT2D eigenvalue weighted by molar-refractivity contribution is 0.311. The average molecular weight is 347 g/mol. The Bertz CT molecular complexity index is 583. The van der Waals surface area contributed by atoms with Crippen LogP contribution in [0.3, 0.4) is 0 Å². The van der Waals surface area contributed by atoms with Crippen molar-refractivity contribution in [2.75, 3.05) is 13.6 Å². The molecule has 2 rings (SSSR count). The van der Waals surface area contributed by atoms with E-state index in [1.807, 2.05) is 18.2 Å². The average Bonchev–Trinajstić information content (AvgIpc) is 2.45. The highest BCUT2D eigenvalue weighted by Gasteiger charge is 2.10. The molecule has 1 unspecified atom stereocenters. The lowest BCUT2D eigenvalue weighted by Gasteiger charge is -2.20. The molecule has 0 radical (unpaired) electrons. The van der Waals surface area contributed by atoms with Crippen molar-refractivity contribution < 1.29 is 0 Å². The first-order valence-corrected chi connectivity index (χ1v) is 8.09. The Kier molecular flexibility index (Phi) is 5.97. The molecule has 0 spiro atoms. The molecule has 0 fully saturated rings. The van der Waals surface area contributed by atoms with Crippen molar-refractivity contribution in [1.29, 1.82) is 0 Å². The number of nitrogens with zero attached hydrogens (tertiary/aromatic N) is 1. The fourth-order valence-electron chi connectivity index (χ4n) is 2.49. The quantitative estimate of drug-likeness (QED) is 0.845. The third kappa shape index (κ3) is 4.95. The molecule has 2 nitrogen and oxygen atoms in total. The molecule has 2 aromatic rings. The van der Waals surface area contributed by atoms with Crippen LogP contribution in [0, 0.1) is 6.92 Å². The summed E-state index contributed by atoms with van der Waals surface area (Å²) in [5.74, 6) is 0. The summed E-state index contributed by atoms with van der Waals surface area (Å²) in [6, 6.07) is 16.9. The Morgan fingerprint density at radius 2 is 1.90 bits per heavy atom. The van der Waals surface area contributed by atoms with E-state index in [1.165, 1.54) is 16.7 Å². The van der Waals surface area contributed by atoms with Crippen molar-refractivity contribution >= 4 is 15.9 Å². The van der Waals surface area contributed by atoms with E-state index in [-0.39, 0.29) is 6.04 Å². The SMILES string of the molecule is Cc1cccc(CN(C)CCC(N)c2ccccc2Br)c1. The second-order valence-electron chi connectivity index (χ2n) is 5.64. The number of benzene rings is 2. The zero-order valence-electron chi connectivity index (χ0n) is 12.7. The summed E-state index contributed by atoms with van der Waals surface area (Å²) in [5.41, 5.74) is 10.2. The summed E-state index contributed by atoms with van der Waals surface area (Å²) in [5, 5.41) is 0. The lowest BCUT2D eigenvalue weighted by Crippen LogP contribution is -2.23. The van der Waals surface area contributed by atoms with E-state index in [2.05, 4.69) is 65.1 Å². The van der Waals surface area contributed by atoms with E-state index >= 15 is 0 Å². The van der Waals surface area contributed by atoms with E-state index < -0.39 is 0 Å². The predicted octanol–water partition coefficient (Wildman–Crippen LogP) is 4.28. The third-order valence-electron chi connectivity index (χ3n) is 3.66. The van der Waals surface area contributed by atoms with Gasteiger partial charge in [-0.3, -0.25) is 0 Å². The monoisotopic (exact) mass is 346 g/mol. The summed E-state index contributed by atoms with van der Waals surface area (Å²) in [6.07, 6.45) is 0.949. The summed E-state index contributed by atoms with van der Waals surface area (Å²) in [6.45, 7) is 4.08. The van der Waals surface area contributed by atoms with Gasteiger partial charge in [-0.25, -0.2) is 0 Å². The van der Waals surface area contributed by atoms with Crippen molar-refractivity contribution in [3.8, 4) is 0 Å². The maximum Gasteiger partial charge on any atom is 0.0318 e. The van der Waals surface area contributed by atoms with E-state index in [0.29, 0.717) is 0 Å². The molecular weight excluding hydrogens is 324 g/mol. The second kappa shape index (κ2) is 7.74. The van der Waals surface area contributed by atoms with Crippen LogP contribution in [0.15, 0.2) is 53.0 Å². The van der Waals surface area contributed by atoms with Crippen LogP contribution in [-0.4, -0.2) is 18.5 Å². The highest BCUT2D eigenvalue weighted by Crippen LogP contribution is 2.23. The van der Waals surface area contributed by atoms with E-state index in [1.54, 1.807) is 0 Å². The number of hydrogen-bond acceptors (Lipinski definition) is 2. The molecule has 21 heavy (non-hydrogen) atoms. The Balaban J connectivity index is 1.86. The Labute approximate surface area is 136 Å². The van der Waals surface area contributed by atoms with Crippen molar-refractivity contribution in [3.63, 3.8) is 0 Å². The van der Waals surface area contributed by atoms with Gasteiger partial charge in [-0.05, 0) is 44.1 Å². The Morgan fingerprint density at radius 1 is 1.14 bits per heavy atom. The predicted molar refractivity (Wildman–Crippen MR) is 93.2 cm³/mol. The Morgan fingerprint density at radius 3 is 2.62 bits per heavy atom. The van der Waals surface area contributed by atoms with Gasteiger partial charge in [0.05, 0.1) is 0 Å². The van der Waals surface area contributed by atoms with Crippen LogP contribution in [0.5, 0.6) is 0 Å². The first-order valence-electron chi connectivity index (χ1n) is 7.30. The molecule has 0 aromatic heterocycles. The highest BCUT2D eigenvalue weighted by atomic mass is 79.9. The normalized spacial score (nSPS) is 12.6. The topological polar surface area (TPSA) is 29.3 Å². The zero-order valence-corrected chi connectivity index (χ0v) is 14.3. The molecule has 2 N–H and O–H groups in total. The van der Waals surface area contributed by atoms with Crippen molar-refractivity contribution in [1.82, 2.24) is 4.90 Å². The molecule has 0 saturated carbocycles. The largest absolute Gasteiger partial charge is 0.324 e. The van der Waals surface area contributed by atoms with Crippen molar-refractivity contribution in [2.24, 2.45) is 5.73 Å². The van der Waals surface area contributed by atoms with Gasteiger partial charge in [-0.1, -0.05) is 64.0 Å². The van der Waals surface area contributed by atoms with Gasteiger partial charge in [0.1, 0.15) is 0 Å². The fourth-order valence-corrected chi connectivity index (χ4v) is 3.07. The minimum Gasteiger partial charge on any atom is -0.324 e. The molecule has 0 aliphatic rings. The minimum atomic E-state index is 0.0699. The first-order chi connectivity index (χ1) is 10.1. The van der Waals surface area contributed by atoms with Gasteiger partial charge >= 0.3 is 0 Å². The van der Waals surface area contributed by atoms with Gasteiger partial charge in [0, 0.05) is 17.1 Å². The zero-order chi connectivity index (χ0) is 15.2. The third-order valence-corrected chi connectivity index (χ3v) is 4.38. The number of rotatable bonds is 6. The molecule has 1 atom stereocenters.